The van der Waals surface area contributed by atoms with Crippen LogP contribution in [0.1, 0.15) is 21.5 Å². The Balaban J connectivity index is 1.08. The number of hydrogen-bond acceptors (Lipinski definition) is 6. The van der Waals surface area contributed by atoms with E-state index in [9.17, 15) is 9.59 Å². The number of hydrogen-bond donors (Lipinski definition) is 0. The molecule has 8 heteroatoms. The Bertz CT molecular complexity index is 1310. The molecule has 3 aliphatic heterocycles. The quantitative estimate of drug-likeness (QED) is 0.527. The minimum atomic E-state index is 0.0421. The lowest BCUT2D eigenvalue weighted by atomic mass is 10.1. The molecule has 0 aliphatic carbocycles. The van der Waals surface area contributed by atoms with Crippen molar-refractivity contribution in [3.05, 3.63) is 83.4 Å². The van der Waals surface area contributed by atoms with Gasteiger partial charge in [0.15, 0.2) is 11.5 Å². The van der Waals surface area contributed by atoms with Crippen LogP contribution in [0.5, 0.6) is 11.5 Å². The Labute approximate surface area is 214 Å². The molecule has 0 bridgehead atoms. The average Bonchev–Trinajstić information content (AvgIpc) is 3.39. The number of carbonyl (C=O) groups is 2. The molecule has 1 fully saturated rings. The fraction of sp³-hybridized carbons (Fsp3) is 0.286. The molecule has 6 rings (SSSR count). The van der Waals surface area contributed by atoms with Crippen molar-refractivity contribution in [2.24, 2.45) is 0 Å². The van der Waals surface area contributed by atoms with Crippen molar-refractivity contribution in [1.29, 1.82) is 0 Å². The highest BCUT2D eigenvalue weighted by Gasteiger charge is 2.26. The number of thioether (sulfide) groups is 1. The van der Waals surface area contributed by atoms with Gasteiger partial charge in [0, 0.05) is 43.2 Å². The molecule has 184 valence electrons. The smallest absolute Gasteiger partial charge is 0.253 e. The molecule has 2 amide bonds. The summed E-state index contributed by atoms with van der Waals surface area (Å²) in [5.41, 5.74) is 3.74. The van der Waals surface area contributed by atoms with E-state index < -0.39 is 0 Å². The molecular weight excluding hydrogens is 474 g/mol. The van der Waals surface area contributed by atoms with Crippen molar-refractivity contribution in [2.45, 2.75) is 18.0 Å². The summed E-state index contributed by atoms with van der Waals surface area (Å²) in [5, 5.41) is 0. The maximum absolute atomic E-state index is 13.3. The first-order valence-electron chi connectivity index (χ1n) is 12.2. The van der Waals surface area contributed by atoms with Crippen LogP contribution < -0.4 is 14.4 Å². The first-order valence-corrected chi connectivity index (χ1v) is 13.1. The summed E-state index contributed by atoms with van der Waals surface area (Å²) in [6, 6.07) is 21.7. The molecule has 3 aliphatic rings. The fourth-order valence-corrected chi connectivity index (χ4v) is 5.84. The van der Waals surface area contributed by atoms with E-state index in [4.69, 9.17) is 9.47 Å². The average molecular weight is 502 g/mol. The summed E-state index contributed by atoms with van der Waals surface area (Å²) in [5.74, 6) is 2.17. The van der Waals surface area contributed by atoms with E-state index in [1.54, 1.807) is 11.8 Å². The van der Waals surface area contributed by atoms with E-state index in [-0.39, 0.29) is 18.6 Å². The van der Waals surface area contributed by atoms with Gasteiger partial charge in [-0.3, -0.25) is 14.5 Å². The molecule has 3 heterocycles. The summed E-state index contributed by atoms with van der Waals surface area (Å²) >= 11 is 1.58. The van der Waals surface area contributed by atoms with Crippen molar-refractivity contribution in [2.75, 3.05) is 43.6 Å². The molecule has 0 spiro atoms. The number of anilines is 1. The van der Waals surface area contributed by atoms with Crippen molar-refractivity contribution in [3.63, 3.8) is 0 Å². The first-order chi connectivity index (χ1) is 17.6. The van der Waals surface area contributed by atoms with Crippen molar-refractivity contribution >= 4 is 29.3 Å². The number of fused-ring (bicyclic) bond motifs is 2. The van der Waals surface area contributed by atoms with E-state index in [0.717, 1.165) is 47.3 Å². The number of nitrogens with zero attached hydrogens (tertiary/aromatic N) is 3. The number of amides is 2. The molecule has 36 heavy (non-hydrogen) atoms. The minimum Gasteiger partial charge on any atom is -0.454 e. The van der Waals surface area contributed by atoms with E-state index in [1.165, 1.54) is 5.56 Å². The Morgan fingerprint density at radius 1 is 0.833 bits per heavy atom. The van der Waals surface area contributed by atoms with Gasteiger partial charge in [-0.15, -0.1) is 11.8 Å². The Morgan fingerprint density at radius 3 is 2.53 bits per heavy atom. The highest BCUT2D eigenvalue weighted by Crippen LogP contribution is 2.36. The number of benzene rings is 3. The van der Waals surface area contributed by atoms with Crippen LogP contribution in [-0.4, -0.2) is 60.3 Å². The number of ether oxygens (including phenoxy) is 2. The zero-order chi connectivity index (χ0) is 24.5. The maximum Gasteiger partial charge on any atom is 0.253 e. The highest BCUT2D eigenvalue weighted by atomic mass is 32.2. The lowest BCUT2D eigenvalue weighted by Crippen LogP contribution is -2.48. The molecule has 0 radical (unpaired) electrons. The van der Waals surface area contributed by atoms with Gasteiger partial charge in [0.05, 0.1) is 18.0 Å². The number of rotatable bonds is 5. The highest BCUT2D eigenvalue weighted by molar-refractivity contribution is 8.00. The molecule has 0 aromatic heterocycles. The number of piperazine rings is 1. The zero-order valence-corrected chi connectivity index (χ0v) is 20.7. The van der Waals surface area contributed by atoms with Crippen LogP contribution in [0.3, 0.4) is 0 Å². The molecule has 3 aromatic rings. The second-order valence-electron chi connectivity index (χ2n) is 9.19. The second kappa shape index (κ2) is 9.87. The molecule has 0 atom stereocenters. The molecular formula is C28H27N3O4S. The van der Waals surface area contributed by atoms with Crippen molar-refractivity contribution < 1.29 is 19.1 Å². The van der Waals surface area contributed by atoms with Crippen molar-refractivity contribution in [1.82, 2.24) is 9.80 Å². The van der Waals surface area contributed by atoms with Gasteiger partial charge in [0.2, 0.25) is 12.7 Å². The monoisotopic (exact) mass is 501 g/mol. The summed E-state index contributed by atoms with van der Waals surface area (Å²) < 4.78 is 10.9. The van der Waals surface area contributed by atoms with Crippen LogP contribution in [0.25, 0.3) is 0 Å². The van der Waals surface area contributed by atoms with Gasteiger partial charge in [-0.05, 0) is 47.5 Å². The summed E-state index contributed by atoms with van der Waals surface area (Å²) in [6.07, 6.45) is 0. The summed E-state index contributed by atoms with van der Waals surface area (Å²) in [4.78, 5) is 33.2. The summed E-state index contributed by atoms with van der Waals surface area (Å²) in [6.45, 7) is 4.55. The van der Waals surface area contributed by atoms with Gasteiger partial charge < -0.3 is 19.3 Å². The van der Waals surface area contributed by atoms with Gasteiger partial charge in [-0.1, -0.05) is 30.3 Å². The normalized spacial score (nSPS) is 17.3. The Morgan fingerprint density at radius 2 is 1.64 bits per heavy atom. The predicted octanol–water partition coefficient (Wildman–Crippen LogP) is 4.01. The maximum atomic E-state index is 13.3. The third-order valence-electron chi connectivity index (χ3n) is 6.83. The van der Waals surface area contributed by atoms with E-state index in [2.05, 4.69) is 11.0 Å². The topological polar surface area (TPSA) is 62.3 Å². The van der Waals surface area contributed by atoms with Crippen LogP contribution >= 0.6 is 11.8 Å². The predicted molar refractivity (Wildman–Crippen MR) is 139 cm³/mol. The Hall–Kier alpha value is -3.49. The zero-order valence-electron chi connectivity index (χ0n) is 19.9. The molecule has 0 N–H and O–H groups in total. The van der Waals surface area contributed by atoms with Crippen LogP contribution in [0, 0.1) is 0 Å². The summed E-state index contributed by atoms with van der Waals surface area (Å²) in [7, 11) is 0. The third-order valence-corrected chi connectivity index (χ3v) is 7.87. The third kappa shape index (κ3) is 4.66. The van der Waals surface area contributed by atoms with Gasteiger partial charge >= 0.3 is 0 Å². The molecule has 1 saturated heterocycles. The molecule has 3 aromatic carbocycles. The lowest BCUT2D eigenvalue weighted by Gasteiger charge is -2.35. The number of carbonyl (C=O) groups excluding carboxylic acids is 2. The second-order valence-corrected chi connectivity index (χ2v) is 10.2. The van der Waals surface area contributed by atoms with Gasteiger partial charge in [0.25, 0.3) is 5.91 Å². The van der Waals surface area contributed by atoms with Gasteiger partial charge in [-0.25, -0.2) is 0 Å². The van der Waals surface area contributed by atoms with E-state index >= 15 is 0 Å². The van der Waals surface area contributed by atoms with E-state index in [0.29, 0.717) is 31.0 Å². The molecule has 0 saturated carbocycles. The molecule has 0 unspecified atom stereocenters. The van der Waals surface area contributed by atoms with Gasteiger partial charge in [0.1, 0.15) is 0 Å². The van der Waals surface area contributed by atoms with Crippen LogP contribution in [-0.2, 0) is 17.9 Å². The van der Waals surface area contributed by atoms with Crippen LogP contribution in [0.4, 0.5) is 5.69 Å². The standard InChI is InChI=1S/C28H27N3O4S/c32-27-18-36-26-7-2-1-6-23(26)31(27)17-20-4-3-5-22(14-20)28(33)30-12-10-29(11-13-30)16-21-8-9-24-25(15-21)35-19-34-24/h1-9,14-15H,10-13,16-19H2. The number of para-hydroxylation sites is 1. The lowest BCUT2D eigenvalue weighted by molar-refractivity contribution is -0.116. The fourth-order valence-electron chi connectivity index (χ4n) is 4.90. The first kappa shape index (κ1) is 22.9. The Kier molecular flexibility index (Phi) is 6.29. The SMILES string of the molecule is O=C(c1cccc(CN2C(=O)CSc3ccccc32)c1)N1CCN(Cc2ccc3c(c2)OCO3)CC1. The van der Waals surface area contributed by atoms with Crippen LogP contribution in [0.15, 0.2) is 71.6 Å². The largest absolute Gasteiger partial charge is 0.454 e. The minimum absolute atomic E-state index is 0.0421. The van der Waals surface area contributed by atoms with Crippen LogP contribution in [0.2, 0.25) is 0 Å². The van der Waals surface area contributed by atoms with Crippen molar-refractivity contribution in [3.8, 4) is 11.5 Å². The van der Waals surface area contributed by atoms with E-state index in [1.807, 2.05) is 70.5 Å². The van der Waals surface area contributed by atoms with Gasteiger partial charge in [-0.2, -0.15) is 0 Å². The molecule has 7 nitrogen and oxygen atoms in total.